The van der Waals surface area contributed by atoms with Crippen LogP contribution in [-0.4, -0.2) is 32.6 Å². The first-order valence-corrected chi connectivity index (χ1v) is 11.1. The number of halogens is 1. The highest BCUT2D eigenvalue weighted by atomic mass is 19.1. The molecular formula is C25H25FN6O2. The number of nitrogens with zero attached hydrogens (tertiary/aromatic N) is 3. The van der Waals surface area contributed by atoms with Crippen molar-refractivity contribution in [2.45, 2.75) is 38.8 Å². The van der Waals surface area contributed by atoms with Crippen molar-refractivity contribution in [3.8, 4) is 11.3 Å². The number of hydrogen-bond acceptors (Lipinski definition) is 5. The number of aromatic nitrogens is 4. The van der Waals surface area contributed by atoms with Gasteiger partial charge in [0.05, 0.1) is 10.9 Å². The molecule has 2 aromatic heterocycles. The van der Waals surface area contributed by atoms with Gasteiger partial charge >= 0.3 is 0 Å². The standard InChI is InChI=1S/C25H25FN6O2/c1-14-3-4-15(2)18(11-14)23(33)28-12-16-5-7-17(8-6-16)20-19-21(24(34)30-29-22(19)27)32(31-20)25(13-26)9-10-25/h3-8,11H,9-10,12-13H2,1-2H3,(H2,27,29)(H,28,33)(H,30,34). The third-order valence-corrected chi connectivity index (χ3v) is 6.48. The Morgan fingerprint density at radius 2 is 1.94 bits per heavy atom. The van der Waals surface area contributed by atoms with Crippen molar-refractivity contribution in [2.75, 3.05) is 12.4 Å². The van der Waals surface area contributed by atoms with Gasteiger partial charge in [-0.2, -0.15) is 10.2 Å². The third kappa shape index (κ3) is 3.63. The van der Waals surface area contributed by atoms with Crippen LogP contribution in [0.4, 0.5) is 10.2 Å². The van der Waals surface area contributed by atoms with Gasteiger partial charge < -0.3 is 11.1 Å². The van der Waals surface area contributed by atoms with E-state index in [4.69, 9.17) is 5.73 Å². The molecule has 1 aliphatic carbocycles. The topological polar surface area (TPSA) is 119 Å². The lowest BCUT2D eigenvalue weighted by Gasteiger charge is -2.12. The summed E-state index contributed by atoms with van der Waals surface area (Å²) in [5.74, 6) is 0.00409. The largest absolute Gasteiger partial charge is 0.382 e. The second-order valence-electron chi connectivity index (χ2n) is 8.98. The molecule has 5 rings (SSSR count). The van der Waals surface area contributed by atoms with Crippen LogP contribution in [0.15, 0.2) is 47.3 Å². The number of aromatic amines is 1. The normalized spacial score (nSPS) is 14.3. The molecule has 2 heterocycles. The Morgan fingerprint density at radius 3 is 2.62 bits per heavy atom. The van der Waals surface area contributed by atoms with E-state index in [9.17, 15) is 14.0 Å². The Kier molecular flexibility index (Phi) is 5.19. The molecule has 4 aromatic rings. The first-order valence-electron chi connectivity index (χ1n) is 11.1. The summed E-state index contributed by atoms with van der Waals surface area (Å²) < 4.78 is 15.3. The number of H-pyrrole nitrogens is 1. The van der Waals surface area contributed by atoms with Crippen molar-refractivity contribution in [1.82, 2.24) is 25.3 Å². The summed E-state index contributed by atoms with van der Waals surface area (Å²) in [6.07, 6.45) is 1.22. The maximum Gasteiger partial charge on any atom is 0.290 e. The maximum absolute atomic E-state index is 13.8. The maximum atomic E-state index is 13.8. The van der Waals surface area contributed by atoms with Crippen molar-refractivity contribution in [1.29, 1.82) is 0 Å². The molecule has 1 aliphatic rings. The van der Waals surface area contributed by atoms with E-state index < -0.39 is 17.8 Å². The zero-order valence-electron chi connectivity index (χ0n) is 19.0. The van der Waals surface area contributed by atoms with Gasteiger partial charge in [0.25, 0.3) is 11.5 Å². The molecule has 174 valence electrons. The molecule has 0 bridgehead atoms. The van der Waals surface area contributed by atoms with Gasteiger partial charge in [-0.25, -0.2) is 14.2 Å². The SMILES string of the molecule is Cc1ccc(C)c(C(=O)NCc2ccc(-c3nn(C4(CF)CC4)c4c(=O)[nH]nc(N)c34)cc2)c1. The van der Waals surface area contributed by atoms with Crippen molar-refractivity contribution >= 4 is 22.6 Å². The van der Waals surface area contributed by atoms with Gasteiger partial charge in [-0.1, -0.05) is 42.0 Å². The third-order valence-electron chi connectivity index (χ3n) is 6.48. The Labute approximate surface area is 195 Å². The molecular weight excluding hydrogens is 435 g/mol. The second-order valence-corrected chi connectivity index (χ2v) is 8.98. The molecule has 1 fully saturated rings. The van der Waals surface area contributed by atoms with Gasteiger partial charge in [-0.3, -0.25) is 9.59 Å². The minimum absolute atomic E-state index is 0.131. The number of alkyl halides is 1. The summed E-state index contributed by atoms with van der Waals surface area (Å²) in [4.78, 5) is 25.2. The van der Waals surface area contributed by atoms with Gasteiger partial charge in [0.15, 0.2) is 5.82 Å². The summed E-state index contributed by atoms with van der Waals surface area (Å²) in [5, 5.41) is 14.2. The smallest absolute Gasteiger partial charge is 0.290 e. The number of rotatable bonds is 6. The summed E-state index contributed by atoms with van der Waals surface area (Å²) >= 11 is 0. The van der Waals surface area contributed by atoms with E-state index in [1.165, 1.54) is 4.68 Å². The van der Waals surface area contributed by atoms with Crippen LogP contribution in [0.25, 0.3) is 22.2 Å². The van der Waals surface area contributed by atoms with E-state index in [0.29, 0.717) is 36.0 Å². The van der Waals surface area contributed by atoms with Gasteiger partial charge in [0, 0.05) is 17.7 Å². The molecule has 0 radical (unpaired) electrons. The molecule has 1 saturated carbocycles. The van der Waals surface area contributed by atoms with Crippen LogP contribution in [0.1, 0.15) is 39.9 Å². The van der Waals surface area contributed by atoms with E-state index in [1.807, 2.05) is 56.3 Å². The minimum atomic E-state index is -0.796. The van der Waals surface area contributed by atoms with E-state index in [0.717, 1.165) is 22.3 Å². The average molecular weight is 461 g/mol. The van der Waals surface area contributed by atoms with Crippen LogP contribution >= 0.6 is 0 Å². The fourth-order valence-corrected chi connectivity index (χ4v) is 4.22. The van der Waals surface area contributed by atoms with Crippen LogP contribution in [0.2, 0.25) is 0 Å². The van der Waals surface area contributed by atoms with Crippen LogP contribution < -0.4 is 16.6 Å². The number of anilines is 1. The van der Waals surface area contributed by atoms with Crippen molar-refractivity contribution in [3.63, 3.8) is 0 Å². The molecule has 1 amide bonds. The number of nitrogens with one attached hydrogen (secondary N) is 2. The average Bonchev–Trinajstić information content (AvgIpc) is 3.53. The summed E-state index contributed by atoms with van der Waals surface area (Å²) in [7, 11) is 0. The Morgan fingerprint density at radius 1 is 1.21 bits per heavy atom. The highest BCUT2D eigenvalue weighted by molar-refractivity contribution is 6.00. The summed E-state index contributed by atoms with van der Waals surface area (Å²) in [6.45, 7) is 3.61. The zero-order valence-corrected chi connectivity index (χ0v) is 19.0. The van der Waals surface area contributed by atoms with Crippen molar-refractivity contribution < 1.29 is 9.18 Å². The number of nitrogens with two attached hydrogens (primary N) is 1. The van der Waals surface area contributed by atoms with Crippen molar-refractivity contribution in [2.24, 2.45) is 0 Å². The van der Waals surface area contributed by atoms with Gasteiger partial charge in [-0.05, 0) is 43.9 Å². The molecule has 0 unspecified atom stereocenters. The van der Waals surface area contributed by atoms with E-state index >= 15 is 0 Å². The van der Waals surface area contributed by atoms with Gasteiger partial charge in [0.1, 0.15) is 17.9 Å². The number of aryl methyl sites for hydroxylation is 2. The molecule has 0 aliphatic heterocycles. The van der Waals surface area contributed by atoms with Crippen molar-refractivity contribution in [3.05, 3.63) is 75.1 Å². The first kappa shape index (κ1) is 21.8. The fraction of sp³-hybridized carbons (Fsp3) is 0.280. The van der Waals surface area contributed by atoms with Gasteiger partial charge in [-0.15, -0.1) is 0 Å². The summed E-state index contributed by atoms with van der Waals surface area (Å²) in [6, 6.07) is 13.2. The van der Waals surface area contributed by atoms with Crippen LogP contribution in [0, 0.1) is 13.8 Å². The minimum Gasteiger partial charge on any atom is -0.382 e. The van der Waals surface area contributed by atoms with Gasteiger partial charge in [0.2, 0.25) is 0 Å². The zero-order chi connectivity index (χ0) is 24.0. The number of fused-ring (bicyclic) bond motifs is 1. The lowest BCUT2D eigenvalue weighted by molar-refractivity contribution is 0.0950. The predicted molar refractivity (Wildman–Crippen MR) is 128 cm³/mol. The van der Waals surface area contributed by atoms with Crippen LogP contribution in [-0.2, 0) is 12.1 Å². The molecule has 4 N–H and O–H groups in total. The van der Waals surface area contributed by atoms with Crippen LogP contribution in [0.5, 0.6) is 0 Å². The predicted octanol–water partition coefficient (Wildman–Crippen LogP) is 3.37. The molecule has 8 nitrogen and oxygen atoms in total. The Balaban J connectivity index is 1.43. The molecule has 0 saturated heterocycles. The number of carbonyl (C=O) groups is 1. The van der Waals surface area contributed by atoms with Crippen LogP contribution in [0.3, 0.4) is 0 Å². The monoisotopic (exact) mass is 460 g/mol. The Hall–Kier alpha value is -4.01. The molecule has 2 aromatic carbocycles. The number of amides is 1. The highest BCUT2D eigenvalue weighted by Gasteiger charge is 2.47. The van der Waals surface area contributed by atoms with E-state index in [-0.39, 0.29) is 17.2 Å². The lowest BCUT2D eigenvalue weighted by atomic mass is 10.0. The molecule has 34 heavy (non-hydrogen) atoms. The van der Waals surface area contributed by atoms with E-state index in [1.54, 1.807) is 0 Å². The highest BCUT2D eigenvalue weighted by Crippen LogP contribution is 2.46. The molecule has 0 atom stereocenters. The second kappa shape index (κ2) is 8.09. The number of carbonyl (C=O) groups excluding carboxylic acids is 1. The fourth-order valence-electron chi connectivity index (χ4n) is 4.22. The number of nitrogen functional groups attached to an aromatic ring is 1. The molecule has 9 heteroatoms. The number of benzene rings is 2. The number of hydrogen-bond donors (Lipinski definition) is 3. The quantitative estimate of drug-likeness (QED) is 0.408. The molecule has 0 spiro atoms. The first-order chi connectivity index (χ1) is 16.3. The Bertz CT molecular complexity index is 1470. The summed E-state index contributed by atoms with van der Waals surface area (Å²) in [5.41, 5.74) is 9.80. The van der Waals surface area contributed by atoms with E-state index in [2.05, 4.69) is 20.6 Å². The lowest BCUT2D eigenvalue weighted by Crippen LogP contribution is -2.25.